The Bertz CT molecular complexity index is 1240. The zero-order chi connectivity index (χ0) is 23.3. The average molecular weight is 454 g/mol. The van der Waals surface area contributed by atoms with Gasteiger partial charge in [0.05, 0.1) is 22.9 Å². The molecule has 0 atom stereocenters. The van der Waals surface area contributed by atoms with Crippen LogP contribution < -0.4 is 9.47 Å². The average Bonchev–Trinajstić information content (AvgIpc) is 3.13. The number of ketones is 1. The molecule has 0 radical (unpaired) electrons. The molecule has 7 heteroatoms. The first-order valence-electron chi connectivity index (χ1n) is 10.5. The van der Waals surface area contributed by atoms with Gasteiger partial charge in [0.1, 0.15) is 28.5 Å². The topological polar surface area (TPSA) is 77.9 Å². The Morgan fingerprint density at radius 1 is 1.06 bits per heavy atom. The van der Waals surface area contributed by atoms with Crippen LogP contribution in [0.1, 0.15) is 45.7 Å². The van der Waals surface area contributed by atoms with Crippen LogP contribution in [-0.2, 0) is 16.0 Å². The molecule has 0 fully saturated rings. The van der Waals surface area contributed by atoms with E-state index in [9.17, 15) is 9.90 Å². The van der Waals surface area contributed by atoms with Crippen LogP contribution in [0, 0.1) is 0 Å². The first-order valence-corrected chi connectivity index (χ1v) is 11.3. The van der Waals surface area contributed by atoms with Crippen LogP contribution >= 0.6 is 11.3 Å². The van der Waals surface area contributed by atoms with E-state index in [-0.39, 0.29) is 17.1 Å². The van der Waals surface area contributed by atoms with E-state index in [1.165, 1.54) is 11.3 Å². The smallest absolute Gasteiger partial charge is 0.279 e. The highest BCUT2D eigenvalue weighted by Gasteiger charge is 2.47. The SMILES string of the molecule is CCc1ccc(Oc2nc3ccc(OC)cc3s2)cc1C1=C(O)C(C)(C)OC(C)(C)C1=O. The maximum Gasteiger partial charge on any atom is 0.279 e. The molecule has 4 rings (SSSR count). The van der Waals surface area contributed by atoms with Crippen molar-refractivity contribution in [2.45, 2.75) is 52.2 Å². The molecular weight excluding hydrogens is 426 g/mol. The summed E-state index contributed by atoms with van der Waals surface area (Å²) < 4.78 is 18.2. The molecule has 0 saturated heterocycles. The zero-order valence-corrected chi connectivity index (χ0v) is 19.9. The van der Waals surface area contributed by atoms with E-state index in [2.05, 4.69) is 4.98 Å². The lowest BCUT2D eigenvalue weighted by atomic mass is 9.81. The van der Waals surface area contributed by atoms with Crippen molar-refractivity contribution in [3.05, 3.63) is 53.3 Å². The molecule has 6 nitrogen and oxygen atoms in total. The van der Waals surface area contributed by atoms with E-state index in [1.54, 1.807) is 40.9 Å². The number of hydrogen-bond acceptors (Lipinski definition) is 7. The predicted octanol–water partition coefficient (Wildman–Crippen LogP) is 6.09. The van der Waals surface area contributed by atoms with Gasteiger partial charge in [0.15, 0.2) is 5.78 Å². The number of aliphatic hydroxyl groups is 1. The van der Waals surface area contributed by atoms with Crippen LogP contribution in [-0.4, -0.2) is 34.2 Å². The van der Waals surface area contributed by atoms with Crippen LogP contribution in [0.4, 0.5) is 0 Å². The Balaban J connectivity index is 1.77. The van der Waals surface area contributed by atoms with Gasteiger partial charge < -0.3 is 19.3 Å². The van der Waals surface area contributed by atoms with Crippen LogP contribution in [0.3, 0.4) is 0 Å². The third kappa shape index (κ3) is 3.87. The minimum absolute atomic E-state index is 0.0687. The summed E-state index contributed by atoms with van der Waals surface area (Å²) in [6, 6.07) is 11.2. The Morgan fingerprint density at radius 2 is 1.78 bits per heavy atom. The first kappa shape index (κ1) is 22.3. The molecule has 1 aromatic heterocycles. The second-order valence-electron chi connectivity index (χ2n) is 8.76. The van der Waals surface area contributed by atoms with E-state index in [0.29, 0.717) is 22.9 Å². The molecule has 0 bridgehead atoms. The fourth-order valence-electron chi connectivity index (χ4n) is 4.01. The third-order valence-corrected chi connectivity index (χ3v) is 6.50. The van der Waals surface area contributed by atoms with Crippen molar-refractivity contribution < 1.29 is 24.1 Å². The van der Waals surface area contributed by atoms with Crippen molar-refractivity contribution in [3.8, 4) is 16.7 Å². The molecule has 1 aliphatic rings. The van der Waals surface area contributed by atoms with Crippen molar-refractivity contribution in [1.29, 1.82) is 0 Å². The van der Waals surface area contributed by atoms with E-state index in [1.807, 2.05) is 37.3 Å². The number of thiazole rings is 1. The monoisotopic (exact) mass is 453 g/mol. The minimum atomic E-state index is -1.06. The number of carbonyl (C=O) groups is 1. The first-order chi connectivity index (χ1) is 15.1. The predicted molar refractivity (Wildman–Crippen MR) is 126 cm³/mol. The van der Waals surface area contributed by atoms with Crippen molar-refractivity contribution in [2.24, 2.45) is 0 Å². The lowest BCUT2D eigenvalue weighted by molar-refractivity contribution is -0.158. The van der Waals surface area contributed by atoms with Crippen LogP contribution in [0.15, 0.2) is 42.2 Å². The number of methoxy groups -OCH3 is 1. The van der Waals surface area contributed by atoms with Gasteiger partial charge in [0, 0.05) is 0 Å². The summed E-state index contributed by atoms with van der Waals surface area (Å²) in [6.45, 7) is 8.99. The van der Waals surface area contributed by atoms with Gasteiger partial charge in [-0.25, -0.2) is 4.98 Å². The quantitative estimate of drug-likeness (QED) is 0.504. The summed E-state index contributed by atoms with van der Waals surface area (Å²) in [5, 5.41) is 11.5. The van der Waals surface area contributed by atoms with Crippen LogP contribution in [0.25, 0.3) is 15.8 Å². The molecule has 1 aliphatic heterocycles. The number of carbonyl (C=O) groups excluding carboxylic acids is 1. The molecular formula is C25H27NO5S. The summed E-state index contributed by atoms with van der Waals surface area (Å²) >= 11 is 1.41. The summed E-state index contributed by atoms with van der Waals surface area (Å²) in [7, 11) is 1.63. The maximum absolute atomic E-state index is 13.3. The molecule has 0 unspecified atom stereocenters. The molecule has 0 spiro atoms. The highest BCUT2D eigenvalue weighted by Crippen LogP contribution is 2.42. The van der Waals surface area contributed by atoms with Gasteiger partial charge in [0.25, 0.3) is 5.19 Å². The molecule has 2 aromatic carbocycles. The molecule has 0 aliphatic carbocycles. The van der Waals surface area contributed by atoms with E-state index in [0.717, 1.165) is 21.5 Å². The lowest BCUT2D eigenvalue weighted by Gasteiger charge is -2.40. The number of hydrogen-bond donors (Lipinski definition) is 1. The lowest BCUT2D eigenvalue weighted by Crippen LogP contribution is -2.49. The molecule has 168 valence electrons. The normalized spacial score (nSPS) is 17.6. The third-order valence-electron chi connectivity index (χ3n) is 5.60. The number of aliphatic hydroxyl groups excluding tert-OH is 1. The van der Waals surface area contributed by atoms with Crippen LogP contribution in [0.5, 0.6) is 16.7 Å². The van der Waals surface area contributed by atoms with Crippen molar-refractivity contribution in [1.82, 2.24) is 4.98 Å². The fraction of sp³-hybridized carbons (Fsp3) is 0.360. The number of nitrogens with zero attached hydrogens (tertiary/aromatic N) is 1. The highest BCUT2D eigenvalue weighted by molar-refractivity contribution is 7.20. The molecule has 0 saturated carbocycles. The second kappa shape index (κ2) is 7.90. The highest BCUT2D eigenvalue weighted by atomic mass is 32.1. The number of ether oxygens (including phenoxy) is 3. The Labute approximate surface area is 191 Å². The summed E-state index contributed by atoms with van der Waals surface area (Å²) in [6.07, 6.45) is 0.697. The van der Waals surface area contributed by atoms with Crippen molar-refractivity contribution in [3.63, 3.8) is 0 Å². The number of rotatable bonds is 5. The molecule has 0 amide bonds. The molecule has 32 heavy (non-hydrogen) atoms. The van der Waals surface area contributed by atoms with E-state index < -0.39 is 11.2 Å². The number of fused-ring (bicyclic) bond motifs is 1. The number of aromatic nitrogens is 1. The second-order valence-corrected chi connectivity index (χ2v) is 9.76. The Kier molecular flexibility index (Phi) is 5.51. The fourth-order valence-corrected chi connectivity index (χ4v) is 4.87. The molecule has 3 aromatic rings. The van der Waals surface area contributed by atoms with E-state index >= 15 is 0 Å². The zero-order valence-electron chi connectivity index (χ0n) is 19.1. The van der Waals surface area contributed by atoms with Crippen LogP contribution in [0.2, 0.25) is 0 Å². The largest absolute Gasteiger partial charge is 0.508 e. The van der Waals surface area contributed by atoms with Gasteiger partial charge in [-0.05, 0) is 75.6 Å². The van der Waals surface area contributed by atoms with Gasteiger partial charge in [-0.1, -0.05) is 24.3 Å². The van der Waals surface area contributed by atoms with Crippen molar-refractivity contribution in [2.75, 3.05) is 7.11 Å². The minimum Gasteiger partial charge on any atom is -0.508 e. The van der Waals surface area contributed by atoms with Gasteiger partial charge >= 0.3 is 0 Å². The number of benzene rings is 2. The van der Waals surface area contributed by atoms with Gasteiger partial charge in [-0.15, -0.1) is 0 Å². The van der Waals surface area contributed by atoms with Gasteiger partial charge in [-0.3, -0.25) is 4.79 Å². The summed E-state index contributed by atoms with van der Waals surface area (Å²) in [5.74, 6) is 0.973. The molecule has 2 heterocycles. The maximum atomic E-state index is 13.3. The summed E-state index contributed by atoms with van der Waals surface area (Å²) in [5.41, 5.74) is 0.650. The van der Waals surface area contributed by atoms with E-state index in [4.69, 9.17) is 14.2 Å². The number of Topliss-reactive ketones (excluding diaryl/α,β-unsaturated/α-hetero) is 1. The van der Waals surface area contributed by atoms with Crippen molar-refractivity contribution >= 4 is 32.9 Å². The van der Waals surface area contributed by atoms with Gasteiger partial charge in [-0.2, -0.15) is 0 Å². The Hall–Kier alpha value is -2.90. The standard InChI is InChI=1S/C25H27NO5S/c1-7-14-8-9-16(30-23-26-18-11-10-15(29-6)13-19(18)32-23)12-17(14)20-21(27)24(2,3)31-25(4,5)22(20)28/h8-13,27H,7H2,1-6H3. The summed E-state index contributed by atoms with van der Waals surface area (Å²) in [4.78, 5) is 17.8. The molecule has 1 N–H and O–H groups in total. The Morgan fingerprint density at radius 3 is 2.47 bits per heavy atom. The van der Waals surface area contributed by atoms with Gasteiger partial charge in [0.2, 0.25) is 0 Å². The number of aryl methyl sites for hydroxylation is 1.